The van der Waals surface area contributed by atoms with Gasteiger partial charge in [-0.05, 0) is 50.2 Å². The number of nitrogens with one attached hydrogen (secondary N) is 2. The zero-order valence-corrected chi connectivity index (χ0v) is 17.6. The summed E-state index contributed by atoms with van der Waals surface area (Å²) in [5.74, 6) is 0.714. The van der Waals surface area contributed by atoms with E-state index < -0.39 is 11.9 Å². The summed E-state index contributed by atoms with van der Waals surface area (Å²) in [5.41, 5.74) is 1.03. The first-order valence-corrected chi connectivity index (χ1v) is 9.91. The number of carbonyl (C=O) groups is 1. The van der Waals surface area contributed by atoms with Crippen molar-refractivity contribution < 1.29 is 23.4 Å². The van der Waals surface area contributed by atoms with Crippen molar-refractivity contribution >= 4 is 17.3 Å². The van der Waals surface area contributed by atoms with Crippen LogP contribution in [-0.2, 0) is 4.79 Å². The van der Waals surface area contributed by atoms with Gasteiger partial charge in [0.25, 0.3) is 0 Å². The number of hydrogen-bond acceptors (Lipinski definition) is 5. The molecule has 0 aromatic heterocycles. The van der Waals surface area contributed by atoms with Crippen LogP contribution in [0.1, 0.15) is 13.8 Å². The topological polar surface area (TPSA) is 68.8 Å². The van der Waals surface area contributed by atoms with Crippen molar-refractivity contribution in [3.63, 3.8) is 0 Å². The predicted octanol–water partition coefficient (Wildman–Crippen LogP) is 5.46. The molecule has 3 rings (SSSR count). The van der Waals surface area contributed by atoms with E-state index in [9.17, 15) is 9.18 Å². The quantitative estimate of drug-likeness (QED) is 0.477. The van der Waals surface area contributed by atoms with Gasteiger partial charge in [-0.15, -0.1) is 0 Å². The van der Waals surface area contributed by atoms with Crippen molar-refractivity contribution in [1.82, 2.24) is 0 Å². The largest absolute Gasteiger partial charge is 0.493 e. The number of hydrogen-bond donors (Lipinski definition) is 2. The maximum absolute atomic E-state index is 14.6. The lowest BCUT2D eigenvalue weighted by atomic mass is 10.2. The van der Waals surface area contributed by atoms with E-state index in [2.05, 4.69) is 10.6 Å². The van der Waals surface area contributed by atoms with E-state index in [0.717, 1.165) is 0 Å². The molecule has 0 bridgehead atoms. The van der Waals surface area contributed by atoms with Gasteiger partial charge >= 0.3 is 0 Å². The van der Waals surface area contributed by atoms with Crippen LogP contribution in [0.3, 0.4) is 0 Å². The second-order valence-electron chi connectivity index (χ2n) is 6.68. The molecular formula is C24H25FN2O4. The highest BCUT2D eigenvalue weighted by atomic mass is 19.1. The number of carbonyl (C=O) groups excluding carboxylic acids is 1. The number of benzene rings is 3. The molecule has 3 aromatic rings. The molecule has 0 aliphatic rings. The number of rotatable bonds is 9. The van der Waals surface area contributed by atoms with Gasteiger partial charge in [-0.25, -0.2) is 4.39 Å². The molecule has 2 N–H and O–H groups in total. The Kier molecular flexibility index (Phi) is 7.32. The zero-order valence-electron chi connectivity index (χ0n) is 17.6. The molecule has 0 aliphatic heterocycles. The predicted molar refractivity (Wildman–Crippen MR) is 119 cm³/mol. The maximum Gasteiger partial charge on any atom is 0.246 e. The van der Waals surface area contributed by atoms with Crippen molar-refractivity contribution in [2.75, 3.05) is 24.4 Å². The van der Waals surface area contributed by atoms with Gasteiger partial charge in [0, 0.05) is 11.8 Å². The molecule has 7 heteroatoms. The number of halogens is 1. The van der Waals surface area contributed by atoms with Gasteiger partial charge in [0.1, 0.15) is 11.8 Å². The third-order valence-electron chi connectivity index (χ3n) is 4.44. The third-order valence-corrected chi connectivity index (χ3v) is 4.44. The van der Waals surface area contributed by atoms with E-state index >= 15 is 0 Å². The van der Waals surface area contributed by atoms with Crippen molar-refractivity contribution in [2.45, 2.75) is 19.9 Å². The van der Waals surface area contributed by atoms with Gasteiger partial charge in [0.05, 0.1) is 19.4 Å². The fourth-order valence-corrected chi connectivity index (χ4v) is 2.90. The van der Waals surface area contributed by atoms with Crippen LogP contribution in [0.4, 0.5) is 15.8 Å². The second-order valence-corrected chi connectivity index (χ2v) is 6.68. The van der Waals surface area contributed by atoms with Gasteiger partial charge in [-0.1, -0.05) is 24.3 Å². The van der Waals surface area contributed by atoms with Crippen LogP contribution in [-0.4, -0.2) is 25.7 Å². The van der Waals surface area contributed by atoms with E-state index in [1.165, 1.54) is 19.2 Å². The highest BCUT2D eigenvalue weighted by Crippen LogP contribution is 2.33. The Morgan fingerprint density at radius 1 is 0.968 bits per heavy atom. The fourth-order valence-electron chi connectivity index (χ4n) is 2.90. The average Bonchev–Trinajstić information content (AvgIpc) is 2.77. The van der Waals surface area contributed by atoms with Gasteiger partial charge < -0.3 is 24.8 Å². The Labute approximate surface area is 181 Å². The van der Waals surface area contributed by atoms with Crippen molar-refractivity contribution in [2.24, 2.45) is 0 Å². The lowest BCUT2D eigenvalue weighted by Crippen LogP contribution is -2.32. The van der Waals surface area contributed by atoms with Gasteiger partial charge in [0.15, 0.2) is 23.1 Å². The highest BCUT2D eigenvalue weighted by molar-refractivity contribution is 5.97. The van der Waals surface area contributed by atoms with Crippen LogP contribution in [0.2, 0.25) is 0 Å². The van der Waals surface area contributed by atoms with Crippen LogP contribution >= 0.6 is 0 Å². The molecule has 1 amide bonds. The second kappa shape index (κ2) is 10.3. The number of ether oxygens (including phenoxy) is 3. The Bertz CT molecular complexity index is 1040. The fraction of sp³-hybridized carbons (Fsp3) is 0.208. The van der Waals surface area contributed by atoms with E-state index in [1.54, 1.807) is 49.4 Å². The molecule has 162 valence electrons. The standard InChI is InChI=1S/C24H25FN2O4/c1-4-30-21-10-6-5-9-19(21)27-24(28)16(2)26-17-13-14-20(18(25)15-17)31-23-12-8-7-11-22(23)29-3/h5-16,26H,4H2,1-3H3,(H,27,28). The van der Waals surface area contributed by atoms with Crippen LogP contribution in [0.5, 0.6) is 23.0 Å². The third kappa shape index (κ3) is 5.66. The molecule has 0 heterocycles. The van der Waals surface area contributed by atoms with Gasteiger partial charge in [-0.3, -0.25) is 4.79 Å². The zero-order chi connectivity index (χ0) is 22.2. The molecule has 1 unspecified atom stereocenters. The lowest BCUT2D eigenvalue weighted by molar-refractivity contribution is -0.116. The van der Waals surface area contributed by atoms with Crippen LogP contribution in [0.15, 0.2) is 66.7 Å². The summed E-state index contributed by atoms with van der Waals surface area (Å²) in [4.78, 5) is 12.6. The van der Waals surface area contributed by atoms with Crippen molar-refractivity contribution in [1.29, 1.82) is 0 Å². The van der Waals surface area contributed by atoms with E-state index in [4.69, 9.17) is 14.2 Å². The van der Waals surface area contributed by atoms with E-state index in [1.807, 2.05) is 19.1 Å². The monoisotopic (exact) mass is 424 g/mol. The van der Waals surface area contributed by atoms with E-state index in [0.29, 0.717) is 35.2 Å². The first kappa shape index (κ1) is 22.0. The Morgan fingerprint density at radius 3 is 2.32 bits per heavy atom. The van der Waals surface area contributed by atoms with Gasteiger partial charge in [0.2, 0.25) is 5.91 Å². The van der Waals surface area contributed by atoms with Crippen LogP contribution in [0, 0.1) is 5.82 Å². The summed E-state index contributed by atoms with van der Waals surface area (Å²) in [6.45, 7) is 4.05. The smallest absolute Gasteiger partial charge is 0.246 e. The summed E-state index contributed by atoms with van der Waals surface area (Å²) in [6, 6.07) is 18.0. The Balaban J connectivity index is 1.66. The molecule has 6 nitrogen and oxygen atoms in total. The summed E-state index contributed by atoms with van der Waals surface area (Å²) < 4.78 is 31.0. The summed E-state index contributed by atoms with van der Waals surface area (Å²) in [6.07, 6.45) is 0. The van der Waals surface area contributed by atoms with Crippen molar-refractivity contribution in [3.8, 4) is 23.0 Å². The molecule has 0 spiro atoms. The minimum atomic E-state index is -0.616. The normalized spacial score (nSPS) is 11.4. The molecular weight excluding hydrogens is 399 g/mol. The van der Waals surface area contributed by atoms with Crippen LogP contribution in [0.25, 0.3) is 0 Å². The molecule has 31 heavy (non-hydrogen) atoms. The highest BCUT2D eigenvalue weighted by Gasteiger charge is 2.16. The molecule has 0 fully saturated rings. The van der Waals surface area contributed by atoms with Crippen molar-refractivity contribution in [3.05, 3.63) is 72.5 Å². The first-order chi connectivity index (χ1) is 15.0. The number of para-hydroxylation sites is 4. The number of amides is 1. The summed E-state index contributed by atoms with van der Waals surface area (Å²) in [7, 11) is 1.52. The van der Waals surface area contributed by atoms with Crippen LogP contribution < -0.4 is 24.8 Å². The molecule has 0 aliphatic carbocycles. The molecule has 3 aromatic carbocycles. The molecule has 1 atom stereocenters. The minimum Gasteiger partial charge on any atom is -0.493 e. The minimum absolute atomic E-state index is 0.0535. The summed E-state index contributed by atoms with van der Waals surface area (Å²) >= 11 is 0. The van der Waals surface area contributed by atoms with Gasteiger partial charge in [-0.2, -0.15) is 0 Å². The maximum atomic E-state index is 14.6. The number of anilines is 2. The first-order valence-electron chi connectivity index (χ1n) is 9.91. The average molecular weight is 424 g/mol. The van der Waals surface area contributed by atoms with E-state index in [-0.39, 0.29) is 11.7 Å². The molecule has 0 radical (unpaired) electrons. The lowest BCUT2D eigenvalue weighted by Gasteiger charge is -2.17. The SMILES string of the molecule is CCOc1ccccc1NC(=O)C(C)Nc1ccc(Oc2ccccc2OC)c(F)c1. The molecule has 0 saturated carbocycles. The molecule has 0 saturated heterocycles. The number of methoxy groups -OCH3 is 1. The Hall–Kier alpha value is -3.74. The Morgan fingerprint density at radius 2 is 1.65 bits per heavy atom. The summed E-state index contributed by atoms with van der Waals surface area (Å²) in [5, 5.41) is 5.82.